The summed E-state index contributed by atoms with van der Waals surface area (Å²) in [6.07, 6.45) is 9.87. The molecule has 0 spiro atoms. The second kappa shape index (κ2) is 8.30. The lowest BCUT2D eigenvalue weighted by Crippen LogP contribution is -2.12. The van der Waals surface area contributed by atoms with Crippen LogP contribution in [0.4, 0.5) is 5.82 Å². The number of anilines is 1. The van der Waals surface area contributed by atoms with E-state index in [1.807, 2.05) is 48.5 Å². The second-order valence-corrected chi connectivity index (χ2v) is 7.98. The number of hydrogen-bond donors (Lipinski definition) is 1. The van der Waals surface area contributed by atoms with Gasteiger partial charge in [-0.2, -0.15) is 0 Å². The fraction of sp³-hybridized carbons (Fsp3) is 0.280. The van der Waals surface area contributed by atoms with Gasteiger partial charge >= 0.3 is 0 Å². The van der Waals surface area contributed by atoms with Crippen LogP contribution >= 0.6 is 0 Å². The van der Waals surface area contributed by atoms with Crippen molar-refractivity contribution in [2.75, 3.05) is 12.8 Å². The molecule has 0 aliphatic heterocycles. The molecular weight excluding hydrogens is 388 g/mol. The molecule has 1 aliphatic carbocycles. The molecule has 158 valence electrons. The van der Waals surface area contributed by atoms with Crippen molar-refractivity contribution < 1.29 is 9.47 Å². The molecular formula is C25H26N4O2. The quantitative estimate of drug-likeness (QED) is 0.434. The van der Waals surface area contributed by atoms with Crippen LogP contribution in [0, 0.1) is 0 Å². The van der Waals surface area contributed by atoms with Gasteiger partial charge in [0.05, 0.1) is 12.5 Å². The number of rotatable bonds is 5. The average molecular weight is 415 g/mol. The van der Waals surface area contributed by atoms with Gasteiger partial charge in [-0.15, -0.1) is 0 Å². The van der Waals surface area contributed by atoms with Crippen molar-refractivity contribution in [3.05, 3.63) is 61.1 Å². The van der Waals surface area contributed by atoms with Gasteiger partial charge in [0.2, 0.25) is 0 Å². The third kappa shape index (κ3) is 3.69. The van der Waals surface area contributed by atoms with E-state index >= 15 is 0 Å². The molecule has 1 aliphatic rings. The van der Waals surface area contributed by atoms with Gasteiger partial charge in [-0.1, -0.05) is 43.5 Å². The third-order valence-electron chi connectivity index (χ3n) is 6.05. The molecule has 5 rings (SSSR count). The van der Waals surface area contributed by atoms with Gasteiger partial charge in [-0.25, -0.2) is 9.97 Å². The number of nitrogen functional groups attached to an aromatic ring is 1. The predicted molar refractivity (Wildman–Crippen MR) is 123 cm³/mol. The number of methoxy groups -OCH3 is 1. The van der Waals surface area contributed by atoms with Crippen molar-refractivity contribution in [2.24, 2.45) is 0 Å². The highest BCUT2D eigenvalue weighted by molar-refractivity contribution is 6.01. The Balaban J connectivity index is 1.59. The standard InChI is InChI=1S/C25H26N4O2/c1-30-22-14-17(12-13-21(22)31-19-10-6-3-7-11-19)20-15-29(18-8-4-2-5-9-18)25-23(20)24(26)27-16-28-25/h3,6-7,10-16,18H,2,4-5,8-9H2,1H3,(H2,26,27,28). The van der Waals surface area contributed by atoms with Crippen LogP contribution in [0.15, 0.2) is 61.1 Å². The fourth-order valence-electron chi connectivity index (χ4n) is 4.50. The van der Waals surface area contributed by atoms with Gasteiger partial charge in [0.25, 0.3) is 0 Å². The molecule has 0 amide bonds. The highest BCUT2D eigenvalue weighted by atomic mass is 16.5. The van der Waals surface area contributed by atoms with Crippen molar-refractivity contribution >= 4 is 16.9 Å². The summed E-state index contributed by atoms with van der Waals surface area (Å²) in [5.74, 6) is 2.59. The number of para-hydroxylation sites is 1. The van der Waals surface area contributed by atoms with Crippen LogP contribution in [0.25, 0.3) is 22.2 Å². The van der Waals surface area contributed by atoms with E-state index in [4.69, 9.17) is 15.2 Å². The van der Waals surface area contributed by atoms with E-state index < -0.39 is 0 Å². The Morgan fingerprint density at radius 1 is 0.968 bits per heavy atom. The molecule has 0 saturated heterocycles. The van der Waals surface area contributed by atoms with E-state index in [0.29, 0.717) is 23.4 Å². The number of aromatic nitrogens is 3. The SMILES string of the molecule is COc1cc(-c2cn(C3CCCCC3)c3ncnc(N)c23)ccc1Oc1ccccc1. The van der Waals surface area contributed by atoms with Crippen LogP contribution in [-0.2, 0) is 0 Å². The highest BCUT2D eigenvalue weighted by Crippen LogP contribution is 2.41. The third-order valence-corrected chi connectivity index (χ3v) is 6.05. The summed E-state index contributed by atoms with van der Waals surface area (Å²) in [5, 5.41) is 0.895. The second-order valence-electron chi connectivity index (χ2n) is 7.98. The summed E-state index contributed by atoms with van der Waals surface area (Å²) in [6.45, 7) is 0. The van der Waals surface area contributed by atoms with E-state index in [2.05, 4.69) is 20.7 Å². The van der Waals surface area contributed by atoms with Crippen molar-refractivity contribution in [1.29, 1.82) is 0 Å². The molecule has 31 heavy (non-hydrogen) atoms. The molecule has 0 bridgehead atoms. The molecule has 1 saturated carbocycles. The Labute approximate surface area is 181 Å². The number of nitrogens with zero attached hydrogens (tertiary/aromatic N) is 3. The molecule has 0 radical (unpaired) electrons. The number of ether oxygens (including phenoxy) is 2. The molecule has 0 atom stereocenters. The Kier molecular flexibility index (Phi) is 5.20. The zero-order valence-electron chi connectivity index (χ0n) is 17.6. The topological polar surface area (TPSA) is 75.2 Å². The van der Waals surface area contributed by atoms with Crippen molar-refractivity contribution in [2.45, 2.75) is 38.1 Å². The van der Waals surface area contributed by atoms with Crippen molar-refractivity contribution in [1.82, 2.24) is 14.5 Å². The minimum absolute atomic E-state index is 0.446. The van der Waals surface area contributed by atoms with Gasteiger partial charge in [0, 0.05) is 17.8 Å². The Bertz CT molecular complexity index is 1200. The molecule has 0 unspecified atom stereocenters. The van der Waals surface area contributed by atoms with Crippen LogP contribution < -0.4 is 15.2 Å². The number of fused-ring (bicyclic) bond motifs is 1. The first-order valence-electron chi connectivity index (χ1n) is 10.8. The summed E-state index contributed by atoms with van der Waals surface area (Å²) in [4.78, 5) is 8.86. The van der Waals surface area contributed by atoms with Crippen LogP contribution in [0.3, 0.4) is 0 Å². The first-order chi connectivity index (χ1) is 15.2. The van der Waals surface area contributed by atoms with E-state index in [1.54, 1.807) is 13.4 Å². The summed E-state index contributed by atoms with van der Waals surface area (Å²) < 4.78 is 14.0. The average Bonchev–Trinajstić information content (AvgIpc) is 3.22. The summed E-state index contributed by atoms with van der Waals surface area (Å²) in [6, 6.07) is 16.1. The summed E-state index contributed by atoms with van der Waals surface area (Å²) >= 11 is 0. The maximum Gasteiger partial charge on any atom is 0.169 e. The molecule has 2 aromatic heterocycles. The Hall–Kier alpha value is -3.54. The van der Waals surface area contributed by atoms with E-state index in [-0.39, 0.29) is 0 Å². The molecule has 6 heteroatoms. The molecule has 4 aromatic rings. The van der Waals surface area contributed by atoms with Crippen molar-refractivity contribution in [3.8, 4) is 28.4 Å². The molecule has 2 heterocycles. The van der Waals surface area contributed by atoms with Crippen molar-refractivity contribution in [3.63, 3.8) is 0 Å². The minimum Gasteiger partial charge on any atom is -0.493 e. The fourth-order valence-corrected chi connectivity index (χ4v) is 4.50. The maximum atomic E-state index is 6.32. The number of hydrogen-bond acceptors (Lipinski definition) is 5. The lowest BCUT2D eigenvalue weighted by atomic mass is 9.95. The van der Waals surface area contributed by atoms with E-state index in [1.165, 1.54) is 32.1 Å². The normalized spacial score (nSPS) is 14.6. The molecule has 1 fully saturated rings. The van der Waals surface area contributed by atoms with Crippen LogP contribution in [0.1, 0.15) is 38.1 Å². The monoisotopic (exact) mass is 414 g/mol. The highest BCUT2D eigenvalue weighted by Gasteiger charge is 2.22. The van der Waals surface area contributed by atoms with E-state index in [9.17, 15) is 0 Å². The largest absolute Gasteiger partial charge is 0.493 e. The van der Waals surface area contributed by atoms with Gasteiger partial charge < -0.3 is 19.8 Å². The summed E-state index contributed by atoms with van der Waals surface area (Å²) in [5.41, 5.74) is 9.24. The first kappa shape index (κ1) is 19.4. The predicted octanol–water partition coefficient (Wildman–Crippen LogP) is 5.99. The number of nitrogens with two attached hydrogens (primary N) is 1. The smallest absolute Gasteiger partial charge is 0.169 e. The Morgan fingerprint density at radius 3 is 2.55 bits per heavy atom. The molecule has 2 aromatic carbocycles. The van der Waals surface area contributed by atoms with Crippen LogP contribution in [0.2, 0.25) is 0 Å². The van der Waals surface area contributed by atoms with Gasteiger partial charge in [-0.3, -0.25) is 0 Å². The van der Waals surface area contributed by atoms with Crippen LogP contribution in [-0.4, -0.2) is 21.6 Å². The lowest BCUT2D eigenvalue weighted by molar-refractivity contribution is 0.360. The zero-order valence-corrected chi connectivity index (χ0v) is 17.6. The molecule has 2 N–H and O–H groups in total. The maximum absolute atomic E-state index is 6.32. The lowest BCUT2D eigenvalue weighted by Gasteiger charge is -2.23. The minimum atomic E-state index is 0.446. The van der Waals surface area contributed by atoms with E-state index in [0.717, 1.165) is 27.9 Å². The first-order valence-corrected chi connectivity index (χ1v) is 10.8. The zero-order chi connectivity index (χ0) is 21.2. The van der Waals surface area contributed by atoms with Gasteiger partial charge in [0.15, 0.2) is 11.5 Å². The Morgan fingerprint density at radius 2 is 1.77 bits per heavy atom. The number of benzene rings is 2. The van der Waals surface area contributed by atoms with Crippen LogP contribution in [0.5, 0.6) is 17.2 Å². The molecule has 6 nitrogen and oxygen atoms in total. The van der Waals surface area contributed by atoms with Gasteiger partial charge in [-0.05, 0) is 42.7 Å². The summed E-state index contributed by atoms with van der Waals surface area (Å²) in [7, 11) is 1.65. The van der Waals surface area contributed by atoms with Gasteiger partial charge in [0.1, 0.15) is 23.5 Å².